The molecule has 0 saturated heterocycles. The molecule has 0 amide bonds. The van der Waals surface area contributed by atoms with Crippen molar-refractivity contribution in [1.82, 2.24) is 19.6 Å². The summed E-state index contributed by atoms with van der Waals surface area (Å²) in [6.07, 6.45) is 2.14. The lowest BCUT2D eigenvalue weighted by Gasteiger charge is -2.28. The Morgan fingerprint density at radius 2 is 1.68 bits per heavy atom. The minimum absolute atomic E-state index is 0.0658. The van der Waals surface area contributed by atoms with Gasteiger partial charge in [0.1, 0.15) is 23.6 Å². The summed E-state index contributed by atoms with van der Waals surface area (Å²) < 4.78 is 18.2. The van der Waals surface area contributed by atoms with E-state index in [1.165, 1.54) is 0 Å². The normalized spacial score (nSPS) is 15.1. The highest BCUT2D eigenvalue weighted by atomic mass is 16.5. The van der Waals surface area contributed by atoms with E-state index in [0.717, 1.165) is 28.2 Å². The van der Waals surface area contributed by atoms with Crippen LogP contribution < -0.4 is 14.2 Å². The highest BCUT2D eigenvalue weighted by molar-refractivity contribution is 5.97. The summed E-state index contributed by atoms with van der Waals surface area (Å²) >= 11 is 0. The van der Waals surface area contributed by atoms with Crippen LogP contribution in [0.15, 0.2) is 66.2 Å². The molecule has 0 fully saturated rings. The molecule has 34 heavy (non-hydrogen) atoms. The predicted octanol–water partition coefficient (Wildman–Crippen LogP) is 4.12. The summed E-state index contributed by atoms with van der Waals surface area (Å²) in [5.74, 6) is 2.69. The largest absolute Gasteiger partial charge is 0.497 e. The van der Waals surface area contributed by atoms with Crippen LogP contribution in [0.2, 0.25) is 0 Å². The fourth-order valence-corrected chi connectivity index (χ4v) is 4.37. The molecule has 1 atom stereocenters. The molecular formula is C26H24N4O4. The zero-order valence-corrected chi connectivity index (χ0v) is 19.4. The summed E-state index contributed by atoms with van der Waals surface area (Å²) in [5.41, 5.74) is 3.89. The van der Waals surface area contributed by atoms with Crippen LogP contribution in [0.5, 0.6) is 17.4 Å². The zero-order valence-electron chi connectivity index (χ0n) is 19.4. The van der Waals surface area contributed by atoms with Crippen LogP contribution in [-0.4, -0.2) is 39.6 Å². The van der Waals surface area contributed by atoms with Crippen LogP contribution >= 0.6 is 0 Å². The van der Waals surface area contributed by atoms with E-state index in [9.17, 15) is 4.79 Å². The van der Waals surface area contributed by atoms with Crippen molar-refractivity contribution in [3.05, 3.63) is 88.7 Å². The first-order valence-corrected chi connectivity index (χ1v) is 10.9. The highest BCUT2D eigenvalue weighted by Crippen LogP contribution is 2.44. The third-order valence-electron chi connectivity index (χ3n) is 5.99. The summed E-state index contributed by atoms with van der Waals surface area (Å²) in [4.78, 5) is 22.1. The molecule has 0 unspecified atom stereocenters. The maximum atomic E-state index is 12.7. The van der Waals surface area contributed by atoms with Crippen molar-refractivity contribution in [2.75, 3.05) is 14.2 Å². The third-order valence-corrected chi connectivity index (χ3v) is 5.99. The molecule has 0 aliphatic carbocycles. The number of hydrogen-bond acceptors (Lipinski definition) is 7. The number of fused-ring (bicyclic) bond motifs is 3. The van der Waals surface area contributed by atoms with Gasteiger partial charge in [0.25, 0.3) is 0 Å². The van der Waals surface area contributed by atoms with Crippen LogP contribution in [0.1, 0.15) is 42.3 Å². The second-order valence-electron chi connectivity index (χ2n) is 8.12. The van der Waals surface area contributed by atoms with Gasteiger partial charge in [-0.2, -0.15) is 0 Å². The van der Waals surface area contributed by atoms with Gasteiger partial charge in [-0.15, -0.1) is 5.10 Å². The van der Waals surface area contributed by atoms with Gasteiger partial charge in [0, 0.05) is 17.9 Å². The smallest absolute Gasteiger partial charge is 0.228 e. The number of rotatable bonds is 6. The molecule has 0 N–H and O–H groups in total. The van der Waals surface area contributed by atoms with E-state index in [1.807, 2.05) is 48.5 Å². The van der Waals surface area contributed by atoms with Gasteiger partial charge in [0.05, 0.1) is 19.8 Å². The SMILES string of the molecule is COc1ccc(Cc2nc3c4c(ncn3n2)OC(C)=C(C(C)=O)[C@@H]4c2ccc(OC)cc2)cc1. The average Bonchev–Trinajstić information content (AvgIpc) is 3.26. The van der Waals surface area contributed by atoms with Crippen LogP contribution in [0.3, 0.4) is 0 Å². The molecule has 2 aromatic carbocycles. The number of carbonyl (C=O) groups is 1. The number of aromatic nitrogens is 4. The molecule has 8 nitrogen and oxygen atoms in total. The lowest BCUT2D eigenvalue weighted by Crippen LogP contribution is -2.22. The number of carbonyl (C=O) groups excluding carboxylic acids is 1. The molecule has 0 bridgehead atoms. The van der Waals surface area contributed by atoms with Gasteiger partial charge in [0.15, 0.2) is 17.3 Å². The van der Waals surface area contributed by atoms with Crippen LogP contribution in [0.25, 0.3) is 5.65 Å². The van der Waals surface area contributed by atoms with Crippen molar-refractivity contribution in [3.63, 3.8) is 0 Å². The number of nitrogens with zero attached hydrogens (tertiary/aromatic N) is 4. The van der Waals surface area contributed by atoms with Crippen molar-refractivity contribution < 1.29 is 19.0 Å². The minimum atomic E-state index is -0.388. The Morgan fingerprint density at radius 3 is 2.29 bits per heavy atom. The molecular weight excluding hydrogens is 432 g/mol. The molecule has 0 radical (unpaired) electrons. The molecule has 8 heteroatoms. The van der Waals surface area contributed by atoms with Crippen molar-refractivity contribution in [1.29, 1.82) is 0 Å². The number of Topliss-reactive ketones (excluding diaryl/α,β-unsaturated/α-hetero) is 1. The Balaban J connectivity index is 1.63. The fourth-order valence-electron chi connectivity index (χ4n) is 4.37. The summed E-state index contributed by atoms with van der Waals surface area (Å²) in [7, 11) is 3.26. The standard InChI is InChI=1S/C26H24N4O4/c1-15(31)22-16(2)34-26-24(23(22)18-7-11-20(33-4)12-8-18)25-28-21(29-30(25)14-27-26)13-17-5-9-19(32-3)10-6-17/h5-12,14,23H,13H2,1-4H3/t23-/m0/s1. The van der Waals surface area contributed by atoms with E-state index in [4.69, 9.17) is 19.2 Å². The summed E-state index contributed by atoms with van der Waals surface area (Å²) in [6.45, 7) is 3.34. The third kappa shape index (κ3) is 3.77. The molecule has 5 rings (SSSR count). The van der Waals surface area contributed by atoms with Crippen LogP contribution in [0, 0.1) is 0 Å². The van der Waals surface area contributed by atoms with Gasteiger partial charge in [-0.05, 0) is 49.2 Å². The second-order valence-corrected chi connectivity index (χ2v) is 8.12. The van der Waals surface area contributed by atoms with E-state index in [2.05, 4.69) is 10.1 Å². The van der Waals surface area contributed by atoms with Crippen molar-refractivity contribution in [2.24, 2.45) is 0 Å². The molecule has 1 aliphatic rings. The number of hydrogen-bond donors (Lipinski definition) is 0. The molecule has 0 spiro atoms. The van der Waals surface area contributed by atoms with Gasteiger partial charge in [-0.1, -0.05) is 24.3 Å². The summed E-state index contributed by atoms with van der Waals surface area (Å²) in [6, 6.07) is 15.5. The molecule has 2 aromatic heterocycles. The van der Waals surface area contributed by atoms with E-state index >= 15 is 0 Å². The minimum Gasteiger partial charge on any atom is -0.497 e. The molecule has 4 aromatic rings. The molecule has 1 aliphatic heterocycles. The molecule has 0 saturated carbocycles. The van der Waals surface area contributed by atoms with E-state index in [1.54, 1.807) is 38.9 Å². The van der Waals surface area contributed by atoms with Gasteiger partial charge < -0.3 is 14.2 Å². The maximum absolute atomic E-state index is 12.7. The predicted molar refractivity (Wildman–Crippen MR) is 125 cm³/mol. The van der Waals surface area contributed by atoms with E-state index < -0.39 is 0 Å². The number of ketones is 1. The Hall–Kier alpha value is -4.20. The Morgan fingerprint density at radius 1 is 1.03 bits per heavy atom. The van der Waals surface area contributed by atoms with Gasteiger partial charge in [-0.3, -0.25) is 4.79 Å². The highest BCUT2D eigenvalue weighted by Gasteiger charge is 2.36. The van der Waals surface area contributed by atoms with Gasteiger partial charge >= 0.3 is 0 Å². The van der Waals surface area contributed by atoms with Crippen molar-refractivity contribution >= 4 is 11.4 Å². The average molecular weight is 457 g/mol. The number of benzene rings is 2. The van der Waals surface area contributed by atoms with Gasteiger partial charge in [-0.25, -0.2) is 14.5 Å². The number of methoxy groups -OCH3 is 2. The first kappa shape index (κ1) is 21.6. The van der Waals surface area contributed by atoms with E-state index in [-0.39, 0.29) is 11.7 Å². The maximum Gasteiger partial charge on any atom is 0.228 e. The lowest BCUT2D eigenvalue weighted by molar-refractivity contribution is -0.114. The van der Waals surface area contributed by atoms with E-state index in [0.29, 0.717) is 35.1 Å². The summed E-state index contributed by atoms with van der Waals surface area (Å²) in [5, 5.41) is 4.64. The Bertz CT molecular complexity index is 1410. The van der Waals surface area contributed by atoms with Gasteiger partial charge in [0.2, 0.25) is 5.88 Å². The fraction of sp³-hybridized carbons (Fsp3) is 0.231. The van der Waals surface area contributed by atoms with Crippen molar-refractivity contribution in [2.45, 2.75) is 26.2 Å². The Kier molecular flexibility index (Phi) is 5.49. The monoisotopic (exact) mass is 456 g/mol. The Labute approximate surface area is 196 Å². The van der Waals surface area contributed by atoms with Crippen LogP contribution in [-0.2, 0) is 11.2 Å². The first-order valence-electron chi connectivity index (χ1n) is 10.9. The molecule has 3 heterocycles. The quantitative estimate of drug-likeness (QED) is 0.431. The number of allylic oxidation sites excluding steroid dienone is 2. The topological polar surface area (TPSA) is 87.8 Å². The lowest BCUT2D eigenvalue weighted by atomic mass is 9.82. The number of ether oxygens (including phenoxy) is 3. The van der Waals surface area contributed by atoms with Crippen molar-refractivity contribution in [3.8, 4) is 17.4 Å². The van der Waals surface area contributed by atoms with Crippen LogP contribution in [0.4, 0.5) is 0 Å². The molecule has 172 valence electrons. The zero-order chi connectivity index (χ0) is 23.8. The second kappa shape index (κ2) is 8.62. The first-order chi connectivity index (χ1) is 16.5.